The number of nitro groups is 1. The van der Waals surface area contributed by atoms with E-state index >= 15 is 0 Å². The van der Waals surface area contributed by atoms with E-state index in [1.165, 1.54) is 11.6 Å². The summed E-state index contributed by atoms with van der Waals surface area (Å²) in [6.07, 6.45) is 1.84. The first-order chi connectivity index (χ1) is 11.6. The van der Waals surface area contributed by atoms with Crippen LogP contribution >= 0.6 is 0 Å². The third kappa shape index (κ3) is 3.15. The van der Waals surface area contributed by atoms with Crippen LogP contribution in [-0.4, -0.2) is 28.8 Å². The molecule has 5 heteroatoms. The third-order valence-electron chi connectivity index (χ3n) is 4.79. The minimum Gasteiger partial charge on any atom is -0.339 e. The van der Waals surface area contributed by atoms with Crippen molar-refractivity contribution < 1.29 is 9.72 Å². The first kappa shape index (κ1) is 16.2. The van der Waals surface area contributed by atoms with Crippen molar-refractivity contribution >= 4 is 11.6 Å². The van der Waals surface area contributed by atoms with Gasteiger partial charge < -0.3 is 4.90 Å². The zero-order chi connectivity index (χ0) is 17.1. The van der Waals surface area contributed by atoms with Crippen molar-refractivity contribution in [3.8, 4) is 0 Å². The molecule has 0 aliphatic carbocycles. The Morgan fingerprint density at radius 2 is 1.75 bits per heavy atom. The maximum absolute atomic E-state index is 12.7. The van der Waals surface area contributed by atoms with Gasteiger partial charge in [0.05, 0.1) is 4.92 Å². The van der Waals surface area contributed by atoms with Gasteiger partial charge in [-0.25, -0.2) is 0 Å². The second-order valence-electron chi connectivity index (χ2n) is 6.18. The van der Waals surface area contributed by atoms with Crippen LogP contribution in [0, 0.1) is 17.0 Å². The molecular formula is C19H20N2O3. The van der Waals surface area contributed by atoms with Crippen LogP contribution in [0.15, 0.2) is 48.5 Å². The minimum atomic E-state index is -0.437. The molecule has 0 atom stereocenters. The van der Waals surface area contributed by atoms with Gasteiger partial charge in [-0.15, -0.1) is 0 Å². The fourth-order valence-corrected chi connectivity index (χ4v) is 3.36. The summed E-state index contributed by atoms with van der Waals surface area (Å²) < 4.78 is 0. The fraction of sp³-hybridized carbons (Fsp3) is 0.316. The molecule has 1 saturated heterocycles. The van der Waals surface area contributed by atoms with Crippen LogP contribution in [0.5, 0.6) is 0 Å². The highest BCUT2D eigenvalue weighted by Gasteiger charge is 2.27. The van der Waals surface area contributed by atoms with Gasteiger partial charge >= 0.3 is 0 Å². The molecule has 1 aliphatic rings. The number of nitrogens with zero attached hydrogens (tertiary/aromatic N) is 2. The van der Waals surface area contributed by atoms with E-state index in [0.717, 1.165) is 12.8 Å². The number of carbonyl (C=O) groups excluding carboxylic acids is 1. The minimum absolute atomic E-state index is 0.0000199. The summed E-state index contributed by atoms with van der Waals surface area (Å²) in [5.74, 6) is 0.365. The molecule has 124 valence electrons. The molecule has 1 fully saturated rings. The first-order valence-electron chi connectivity index (χ1n) is 8.16. The lowest BCUT2D eigenvalue weighted by atomic mass is 9.89. The largest absolute Gasteiger partial charge is 0.339 e. The summed E-state index contributed by atoms with van der Waals surface area (Å²) >= 11 is 0. The lowest BCUT2D eigenvalue weighted by molar-refractivity contribution is -0.385. The molecule has 1 amide bonds. The molecule has 0 bridgehead atoms. The highest BCUT2D eigenvalue weighted by atomic mass is 16.6. The van der Waals surface area contributed by atoms with Gasteiger partial charge in [0.25, 0.3) is 11.6 Å². The lowest BCUT2D eigenvalue weighted by Crippen LogP contribution is -2.38. The highest BCUT2D eigenvalue weighted by molar-refractivity contribution is 5.96. The molecule has 3 rings (SSSR count). The number of benzene rings is 2. The number of likely N-dealkylation sites (tertiary alicyclic amines) is 1. The predicted octanol–water partition coefficient (Wildman–Crippen LogP) is 3.92. The highest BCUT2D eigenvalue weighted by Crippen LogP contribution is 2.29. The Bertz CT molecular complexity index is 750. The van der Waals surface area contributed by atoms with Crippen molar-refractivity contribution in [1.29, 1.82) is 0 Å². The number of hydrogen-bond donors (Lipinski definition) is 0. The molecular weight excluding hydrogens is 304 g/mol. The summed E-state index contributed by atoms with van der Waals surface area (Å²) in [5.41, 5.74) is 2.19. The Labute approximate surface area is 141 Å². The molecule has 2 aromatic rings. The fourth-order valence-electron chi connectivity index (χ4n) is 3.36. The van der Waals surface area contributed by atoms with E-state index < -0.39 is 4.92 Å². The normalized spacial score (nSPS) is 15.3. The van der Waals surface area contributed by atoms with Crippen molar-refractivity contribution in [3.63, 3.8) is 0 Å². The van der Waals surface area contributed by atoms with E-state index in [1.807, 2.05) is 23.1 Å². The SMILES string of the molecule is Cc1c(C(=O)N2CCC(c3ccccc3)CC2)cccc1[N+](=O)[O-]. The monoisotopic (exact) mass is 324 g/mol. The third-order valence-corrected chi connectivity index (χ3v) is 4.79. The maximum atomic E-state index is 12.7. The smallest absolute Gasteiger partial charge is 0.273 e. The zero-order valence-electron chi connectivity index (χ0n) is 13.6. The van der Waals surface area contributed by atoms with E-state index in [1.54, 1.807) is 19.1 Å². The Hall–Kier alpha value is -2.69. The van der Waals surface area contributed by atoms with Crippen LogP contribution in [-0.2, 0) is 0 Å². The summed E-state index contributed by atoms with van der Waals surface area (Å²) in [6.45, 7) is 3.00. The zero-order valence-corrected chi connectivity index (χ0v) is 13.6. The van der Waals surface area contributed by atoms with E-state index in [0.29, 0.717) is 30.1 Å². The number of nitro benzene ring substituents is 1. The van der Waals surface area contributed by atoms with Crippen molar-refractivity contribution in [1.82, 2.24) is 4.90 Å². The Kier molecular flexibility index (Phi) is 4.60. The molecule has 0 spiro atoms. The van der Waals surface area contributed by atoms with Gasteiger partial charge in [-0.1, -0.05) is 36.4 Å². The predicted molar refractivity (Wildman–Crippen MR) is 92.2 cm³/mol. The Balaban J connectivity index is 1.72. The lowest BCUT2D eigenvalue weighted by Gasteiger charge is -2.32. The molecule has 0 saturated carbocycles. The molecule has 1 heterocycles. The summed E-state index contributed by atoms with van der Waals surface area (Å²) in [6, 6.07) is 15.0. The van der Waals surface area contributed by atoms with Gasteiger partial charge in [-0.2, -0.15) is 0 Å². The second-order valence-corrected chi connectivity index (χ2v) is 6.18. The van der Waals surface area contributed by atoms with Crippen molar-refractivity contribution in [2.24, 2.45) is 0 Å². The van der Waals surface area contributed by atoms with Crippen LogP contribution in [0.3, 0.4) is 0 Å². The second kappa shape index (κ2) is 6.83. The molecule has 1 aliphatic heterocycles. The van der Waals surface area contributed by atoms with Crippen molar-refractivity contribution in [2.75, 3.05) is 13.1 Å². The van der Waals surface area contributed by atoms with E-state index in [2.05, 4.69) is 12.1 Å². The standard InChI is InChI=1S/C19H20N2O3/c1-14-17(8-5-9-18(14)21(23)24)19(22)20-12-10-16(11-13-20)15-6-3-2-4-7-15/h2-9,16H,10-13H2,1H3. The summed E-state index contributed by atoms with van der Waals surface area (Å²) in [7, 11) is 0. The maximum Gasteiger partial charge on any atom is 0.273 e. The molecule has 5 nitrogen and oxygen atoms in total. The van der Waals surface area contributed by atoms with Gasteiger partial charge in [0.15, 0.2) is 0 Å². The van der Waals surface area contributed by atoms with Crippen molar-refractivity contribution in [3.05, 3.63) is 75.3 Å². The number of piperidine rings is 1. The Morgan fingerprint density at radius 3 is 2.38 bits per heavy atom. The average molecular weight is 324 g/mol. The number of carbonyl (C=O) groups is 1. The van der Waals surface area contributed by atoms with Gasteiger partial charge in [-0.3, -0.25) is 14.9 Å². The van der Waals surface area contributed by atoms with E-state index in [9.17, 15) is 14.9 Å². The van der Waals surface area contributed by atoms with Gasteiger partial charge in [0.2, 0.25) is 0 Å². The topological polar surface area (TPSA) is 63.5 Å². The molecule has 2 aromatic carbocycles. The molecule has 0 unspecified atom stereocenters. The van der Waals surface area contributed by atoms with Crippen LogP contribution in [0.4, 0.5) is 5.69 Å². The quantitative estimate of drug-likeness (QED) is 0.635. The molecule has 0 radical (unpaired) electrons. The van der Waals surface area contributed by atoms with E-state index in [-0.39, 0.29) is 11.6 Å². The average Bonchev–Trinajstić information content (AvgIpc) is 2.62. The van der Waals surface area contributed by atoms with Crippen molar-refractivity contribution in [2.45, 2.75) is 25.7 Å². The van der Waals surface area contributed by atoms with Crippen LogP contribution in [0.2, 0.25) is 0 Å². The summed E-state index contributed by atoms with van der Waals surface area (Å²) in [5, 5.41) is 11.1. The first-order valence-corrected chi connectivity index (χ1v) is 8.16. The van der Waals surface area contributed by atoms with Crippen LogP contribution in [0.1, 0.15) is 40.2 Å². The number of amides is 1. The van der Waals surface area contributed by atoms with Gasteiger partial charge in [0, 0.05) is 30.3 Å². The van der Waals surface area contributed by atoms with Gasteiger partial charge in [0.1, 0.15) is 0 Å². The molecule has 0 aromatic heterocycles. The number of hydrogen-bond acceptors (Lipinski definition) is 3. The molecule has 24 heavy (non-hydrogen) atoms. The number of rotatable bonds is 3. The van der Waals surface area contributed by atoms with Crippen LogP contribution in [0.25, 0.3) is 0 Å². The molecule has 0 N–H and O–H groups in total. The van der Waals surface area contributed by atoms with Crippen LogP contribution < -0.4 is 0 Å². The summed E-state index contributed by atoms with van der Waals surface area (Å²) in [4.78, 5) is 25.2. The van der Waals surface area contributed by atoms with E-state index in [4.69, 9.17) is 0 Å². The van der Waals surface area contributed by atoms with Gasteiger partial charge in [-0.05, 0) is 37.3 Å². The Morgan fingerprint density at radius 1 is 1.08 bits per heavy atom.